The van der Waals surface area contributed by atoms with Gasteiger partial charge >= 0.3 is 0 Å². The molecular weight excluding hydrogens is 378 g/mol. The Hall–Kier alpha value is -3.33. The first-order valence-corrected chi connectivity index (χ1v) is 9.12. The molecule has 1 aromatic heterocycles. The fourth-order valence-electron chi connectivity index (χ4n) is 3.13. The molecule has 0 unspecified atom stereocenters. The van der Waals surface area contributed by atoms with Crippen LogP contribution in [0.5, 0.6) is 11.5 Å². The number of amides is 2. The zero-order valence-electron chi connectivity index (χ0n) is 16.3. The molecule has 3 rings (SSSR count). The summed E-state index contributed by atoms with van der Waals surface area (Å²) in [5.74, 6) is -1.10. The first-order valence-electron chi connectivity index (χ1n) is 9.12. The van der Waals surface area contributed by atoms with Crippen LogP contribution in [0.4, 0.5) is 0 Å². The van der Waals surface area contributed by atoms with Gasteiger partial charge in [0.25, 0.3) is 11.8 Å². The largest absolute Gasteiger partial charge is 0.503 e. The Kier molecular flexibility index (Phi) is 6.18. The summed E-state index contributed by atoms with van der Waals surface area (Å²) in [5.41, 5.74) is -0.363. The summed E-state index contributed by atoms with van der Waals surface area (Å²) < 4.78 is 11.5. The number of benzene rings is 1. The highest BCUT2D eigenvalue weighted by molar-refractivity contribution is 5.99. The number of ether oxygens (including phenoxy) is 2. The van der Waals surface area contributed by atoms with Crippen LogP contribution in [-0.2, 0) is 17.8 Å². The molecule has 0 bridgehead atoms. The second-order valence-corrected chi connectivity index (χ2v) is 6.58. The minimum absolute atomic E-state index is 0.107. The van der Waals surface area contributed by atoms with Crippen LogP contribution in [0.25, 0.3) is 0 Å². The van der Waals surface area contributed by atoms with Crippen LogP contribution < -0.4 is 15.5 Å². The zero-order chi connectivity index (χ0) is 21.0. The molecule has 0 radical (unpaired) electrons. The molecule has 9 nitrogen and oxygen atoms in total. The molecule has 0 fully saturated rings. The summed E-state index contributed by atoms with van der Waals surface area (Å²) in [6, 6.07) is 7.12. The summed E-state index contributed by atoms with van der Waals surface area (Å²) in [7, 11) is 3.09. The van der Waals surface area contributed by atoms with E-state index in [2.05, 4.69) is 5.32 Å². The van der Waals surface area contributed by atoms with Crippen molar-refractivity contribution >= 4 is 11.8 Å². The molecule has 2 heterocycles. The van der Waals surface area contributed by atoms with E-state index in [9.17, 15) is 19.5 Å². The number of nitrogens with zero attached hydrogens (tertiary/aromatic N) is 2. The lowest BCUT2D eigenvalue weighted by molar-refractivity contribution is 0.0632. The van der Waals surface area contributed by atoms with Crippen molar-refractivity contribution in [2.75, 3.05) is 33.9 Å². The third-order valence-corrected chi connectivity index (χ3v) is 4.78. The van der Waals surface area contributed by atoms with Crippen molar-refractivity contribution in [3.63, 3.8) is 0 Å². The van der Waals surface area contributed by atoms with Gasteiger partial charge in [-0.15, -0.1) is 0 Å². The topological polar surface area (TPSA) is 110 Å². The van der Waals surface area contributed by atoms with Crippen molar-refractivity contribution in [3.8, 4) is 11.5 Å². The number of pyridine rings is 1. The Bertz CT molecular complexity index is 967. The number of methoxy groups -OCH3 is 2. The van der Waals surface area contributed by atoms with Gasteiger partial charge < -0.3 is 29.4 Å². The van der Waals surface area contributed by atoms with Crippen LogP contribution in [0.15, 0.2) is 35.3 Å². The zero-order valence-corrected chi connectivity index (χ0v) is 16.3. The van der Waals surface area contributed by atoms with Crippen LogP contribution in [0.2, 0.25) is 0 Å². The highest BCUT2D eigenvalue weighted by atomic mass is 16.5. The molecule has 1 aliphatic rings. The van der Waals surface area contributed by atoms with Crippen molar-refractivity contribution in [2.45, 2.75) is 13.1 Å². The van der Waals surface area contributed by atoms with Crippen LogP contribution >= 0.6 is 0 Å². The molecule has 0 aliphatic carbocycles. The summed E-state index contributed by atoms with van der Waals surface area (Å²) >= 11 is 0. The van der Waals surface area contributed by atoms with E-state index in [-0.39, 0.29) is 17.8 Å². The smallest absolute Gasteiger partial charge is 0.274 e. The van der Waals surface area contributed by atoms with Gasteiger partial charge in [0.05, 0.1) is 13.7 Å². The fourth-order valence-corrected chi connectivity index (χ4v) is 3.13. The summed E-state index contributed by atoms with van der Waals surface area (Å²) in [6.45, 7) is 1.66. The van der Waals surface area contributed by atoms with E-state index in [0.717, 1.165) is 5.56 Å². The number of carbonyl (C=O) groups is 2. The van der Waals surface area contributed by atoms with E-state index in [1.807, 2.05) is 0 Å². The summed E-state index contributed by atoms with van der Waals surface area (Å²) in [5, 5.41) is 13.0. The third-order valence-electron chi connectivity index (χ3n) is 4.78. The van der Waals surface area contributed by atoms with Crippen molar-refractivity contribution < 1.29 is 24.2 Å². The molecule has 1 aliphatic heterocycles. The van der Waals surface area contributed by atoms with E-state index in [1.165, 1.54) is 22.8 Å². The van der Waals surface area contributed by atoms with Gasteiger partial charge in [-0.2, -0.15) is 0 Å². The number of aromatic nitrogens is 1. The molecule has 0 saturated heterocycles. The monoisotopic (exact) mass is 401 g/mol. The molecule has 2 N–H and O–H groups in total. The minimum Gasteiger partial charge on any atom is -0.503 e. The van der Waals surface area contributed by atoms with Gasteiger partial charge in [0.1, 0.15) is 11.3 Å². The Labute approximate surface area is 167 Å². The van der Waals surface area contributed by atoms with Crippen LogP contribution in [0.1, 0.15) is 26.4 Å². The van der Waals surface area contributed by atoms with Crippen LogP contribution in [-0.4, -0.2) is 60.3 Å². The molecule has 9 heteroatoms. The normalized spacial score (nSPS) is 13.2. The van der Waals surface area contributed by atoms with Crippen molar-refractivity contribution in [1.29, 1.82) is 0 Å². The van der Waals surface area contributed by atoms with E-state index in [1.54, 1.807) is 31.4 Å². The number of rotatable bonds is 7. The Morgan fingerprint density at radius 2 is 1.90 bits per heavy atom. The lowest BCUT2D eigenvalue weighted by Crippen LogP contribution is -2.44. The maximum absolute atomic E-state index is 12.6. The third kappa shape index (κ3) is 4.24. The molecule has 0 atom stereocenters. The highest BCUT2D eigenvalue weighted by Crippen LogP contribution is 2.20. The number of aromatic hydroxyl groups is 1. The standard InChI is InChI=1S/C20H23N3O6/c1-28-10-9-22-7-8-23-12-15(17(24)18(25)16(23)20(22)27)19(26)21-11-13-3-5-14(29-2)6-4-13/h3-6,12,25H,7-11H2,1-2H3,(H,21,26). The van der Waals surface area contributed by atoms with E-state index < -0.39 is 23.0 Å². The molecule has 0 saturated carbocycles. The Balaban J connectivity index is 1.78. The molecule has 2 aromatic rings. The number of nitrogens with one attached hydrogen (secondary N) is 1. The number of hydrogen-bond donors (Lipinski definition) is 2. The van der Waals surface area contributed by atoms with Crippen molar-refractivity contribution in [2.24, 2.45) is 0 Å². The second-order valence-electron chi connectivity index (χ2n) is 6.58. The quantitative estimate of drug-likeness (QED) is 0.703. The van der Waals surface area contributed by atoms with Gasteiger partial charge in [-0.1, -0.05) is 12.1 Å². The van der Waals surface area contributed by atoms with Gasteiger partial charge in [-0.3, -0.25) is 14.4 Å². The predicted molar refractivity (Wildman–Crippen MR) is 104 cm³/mol. The van der Waals surface area contributed by atoms with Crippen molar-refractivity contribution in [3.05, 3.63) is 57.5 Å². The molecule has 2 amide bonds. The first-order chi connectivity index (χ1) is 14.0. The maximum atomic E-state index is 12.6. The van der Waals surface area contributed by atoms with Crippen LogP contribution in [0.3, 0.4) is 0 Å². The Morgan fingerprint density at radius 3 is 2.55 bits per heavy atom. The van der Waals surface area contributed by atoms with Gasteiger partial charge in [-0.25, -0.2) is 0 Å². The van der Waals surface area contributed by atoms with Gasteiger partial charge in [-0.05, 0) is 17.7 Å². The van der Waals surface area contributed by atoms with E-state index in [0.29, 0.717) is 32.0 Å². The fraction of sp³-hybridized carbons (Fsp3) is 0.350. The SMILES string of the molecule is COCCN1CCn2cc(C(=O)NCc3ccc(OC)cc3)c(=O)c(O)c2C1=O. The first kappa shape index (κ1) is 20.4. The molecule has 154 valence electrons. The van der Waals surface area contributed by atoms with E-state index in [4.69, 9.17) is 9.47 Å². The van der Waals surface area contributed by atoms with Gasteiger partial charge in [0.15, 0.2) is 11.4 Å². The highest BCUT2D eigenvalue weighted by Gasteiger charge is 2.30. The van der Waals surface area contributed by atoms with Crippen molar-refractivity contribution in [1.82, 2.24) is 14.8 Å². The maximum Gasteiger partial charge on any atom is 0.274 e. The molecule has 29 heavy (non-hydrogen) atoms. The molecular formula is C20H23N3O6. The lowest BCUT2D eigenvalue weighted by Gasteiger charge is -2.30. The van der Waals surface area contributed by atoms with Gasteiger partial charge in [0.2, 0.25) is 5.43 Å². The molecule has 0 spiro atoms. The van der Waals surface area contributed by atoms with Gasteiger partial charge in [0, 0.05) is 39.5 Å². The Morgan fingerprint density at radius 1 is 1.17 bits per heavy atom. The average molecular weight is 401 g/mol. The van der Waals surface area contributed by atoms with E-state index >= 15 is 0 Å². The number of carbonyl (C=O) groups excluding carboxylic acids is 2. The number of fused-ring (bicyclic) bond motifs is 1. The summed E-state index contributed by atoms with van der Waals surface area (Å²) in [4.78, 5) is 39.1. The average Bonchev–Trinajstić information content (AvgIpc) is 2.74. The van der Waals surface area contributed by atoms with Crippen LogP contribution in [0, 0.1) is 0 Å². The summed E-state index contributed by atoms with van der Waals surface area (Å²) in [6.07, 6.45) is 1.33. The lowest BCUT2D eigenvalue weighted by atomic mass is 10.1. The number of hydrogen-bond acceptors (Lipinski definition) is 6. The minimum atomic E-state index is -0.870. The predicted octanol–water partition coefficient (Wildman–Crippen LogP) is 0.595. The molecule has 1 aromatic carbocycles. The second kappa shape index (κ2) is 8.78.